The molecular weight excluding hydrogens is 383 g/mol. The van der Waals surface area contributed by atoms with Crippen molar-refractivity contribution in [3.63, 3.8) is 0 Å². The van der Waals surface area contributed by atoms with E-state index in [-0.39, 0.29) is 30.1 Å². The number of hydrogen-bond donors (Lipinski definition) is 3. The van der Waals surface area contributed by atoms with Crippen LogP contribution < -0.4 is 15.5 Å². The monoisotopic (exact) mass is 408 g/mol. The first-order valence-electron chi connectivity index (χ1n) is 10.2. The summed E-state index contributed by atoms with van der Waals surface area (Å²) in [6, 6.07) is 13.4. The second kappa shape index (κ2) is 8.57. The molecule has 1 aliphatic rings. The van der Waals surface area contributed by atoms with E-state index in [1.807, 2.05) is 18.2 Å². The lowest BCUT2D eigenvalue weighted by atomic mass is 10.2. The number of aromatic nitrogens is 1. The summed E-state index contributed by atoms with van der Waals surface area (Å²) >= 11 is 0. The van der Waals surface area contributed by atoms with Gasteiger partial charge in [0, 0.05) is 47.8 Å². The van der Waals surface area contributed by atoms with Crippen LogP contribution in [-0.2, 0) is 4.79 Å². The molecule has 0 aliphatic carbocycles. The smallest absolute Gasteiger partial charge is 0.267 e. The minimum atomic E-state index is -0.359. The van der Waals surface area contributed by atoms with Gasteiger partial charge < -0.3 is 20.5 Å². The van der Waals surface area contributed by atoms with Gasteiger partial charge in [-0.25, -0.2) is 4.39 Å². The molecule has 3 N–H and O–H groups in total. The average Bonchev–Trinajstić information content (AvgIpc) is 3.37. The summed E-state index contributed by atoms with van der Waals surface area (Å²) < 4.78 is 13.3. The number of hydrogen-bond acceptors (Lipinski definition) is 3. The third kappa shape index (κ3) is 4.62. The molecule has 1 unspecified atom stereocenters. The predicted octanol–water partition coefficient (Wildman–Crippen LogP) is 4.05. The molecular formula is C23H25FN4O2. The Morgan fingerprint density at radius 1 is 1.13 bits per heavy atom. The second-order valence-corrected chi connectivity index (χ2v) is 7.79. The molecule has 1 aliphatic heterocycles. The highest BCUT2D eigenvalue weighted by Crippen LogP contribution is 2.23. The van der Waals surface area contributed by atoms with Gasteiger partial charge >= 0.3 is 0 Å². The van der Waals surface area contributed by atoms with Gasteiger partial charge in [0.05, 0.1) is 0 Å². The fourth-order valence-electron chi connectivity index (χ4n) is 3.82. The number of rotatable bonds is 6. The first-order valence-corrected chi connectivity index (χ1v) is 10.2. The van der Waals surface area contributed by atoms with Gasteiger partial charge in [-0.2, -0.15) is 0 Å². The van der Waals surface area contributed by atoms with E-state index in [9.17, 15) is 14.0 Å². The van der Waals surface area contributed by atoms with Crippen LogP contribution in [0.25, 0.3) is 10.9 Å². The summed E-state index contributed by atoms with van der Waals surface area (Å²) in [5.74, 6) is -0.852. The van der Waals surface area contributed by atoms with Crippen molar-refractivity contribution in [2.75, 3.05) is 23.3 Å². The normalized spacial score (nSPS) is 14.7. The summed E-state index contributed by atoms with van der Waals surface area (Å²) in [6.45, 7) is 3.86. The zero-order chi connectivity index (χ0) is 21.1. The Morgan fingerprint density at radius 2 is 1.93 bits per heavy atom. The zero-order valence-corrected chi connectivity index (χ0v) is 16.9. The highest BCUT2D eigenvalue weighted by atomic mass is 19.1. The van der Waals surface area contributed by atoms with Crippen molar-refractivity contribution in [3.05, 3.63) is 60.0 Å². The van der Waals surface area contributed by atoms with Gasteiger partial charge in [0.25, 0.3) is 5.91 Å². The molecule has 7 heteroatoms. The standard InChI is InChI=1S/C23H25FN4O2/c1-15(25-23(30)21-13-16-12-17(24)7-8-20(16)27-21)11-22(29)26-18-5-4-6-19(14-18)28-9-2-3-10-28/h4-8,12-15,27H,2-3,9-11H2,1H3,(H,25,30)(H,26,29). The molecule has 1 fully saturated rings. The van der Waals surface area contributed by atoms with Crippen molar-refractivity contribution >= 4 is 34.1 Å². The van der Waals surface area contributed by atoms with Crippen LogP contribution in [0.1, 0.15) is 36.7 Å². The van der Waals surface area contributed by atoms with E-state index in [0.29, 0.717) is 16.6 Å². The maximum Gasteiger partial charge on any atom is 0.267 e. The molecule has 30 heavy (non-hydrogen) atoms. The number of fused-ring (bicyclic) bond motifs is 1. The Bertz CT molecular complexity index is 1070. The molecule has 0 bridgehead atoms. The van der Waals surface area contributed by atoms with Gasteiger partial charge in [-0.05, 0) is 62.2 Å². The van der Waals surface area contributed by atoms with Crippen LogP contribution in [0, 0.1) is 5.82 Å². The highest BCUT2D eigenvalue weighted by molar-refractivity contribution is 5.98. The minimum Gasteiger partial charge on any atom is -0.371 e. The van der Waals surface area contributed by atoms with Gasteiger partial charge in [0.15, 0.2) is 0 Å². The van der Waals surface area contributed by atoms with Crippen molar-refractivity contribution in [2.24, 2.45) is 0 Å². The van der Waals surface area contributed by atoms with Crippen LogP contribution >= 0.6 is 0 Å². The van der Waals surface area contributed by atoms with Crippen molar-refractivity contribution in [1.29, 1.82) is 0 Å². The number of amides is 2. The summed E-state index contributed by atoms with van der Waals surface area (Å²) in [5, 5.41) is 6.35. The maximum absolute atomic E-state index is 13.3. The van der Waals surface area contributed by atoms with Gasteiger partial charge in [-0.15, -0.1) is 0 Å². The quantitative estimate of drug-likeness (QED) is 0.576. The molecule has 2 amide bonds. The van der Waals surface area contributed by atoms with Crippen molar-refractivity contribution in [3.8, 4) is 0 Å². The third-order valence-electron chi connectivity index (χ3n) is 5.30. The average molecular weight is 408 g/mol. The highest BCUT2D eigenvalue weighted by Gasteiger charge is 2.16. The number of H-pyrrole nitrogens is 1. The largest absolute Gasteiger partial charge is 0.371 e. The maximum atomic E-state index is 13.3. The van der Waals surface area contributed by atoms with E-state index in [0.717, 1.165) is 24.5 Å². The molecule has 3 aromatic rings. The molecule has 1 atom stereocenters. The SMILES string of the molecule is CC(CC(=O)Nc1cccc(N2CCCC2)c1)NC(=O)c1cc2cc(F)ccc2[nH]1. The van der Waals surface area contributed by atoms with Crippen LogP contribution in [0.3, 0.4) is 0 Å². The number of halogens is 1. The van der Waals surface area contributed by atoms with Crippen LogP contribution in [0.5, 0.6) is 0 Å². The number of nitrogens with zero attached hydrogens (tertiary/aromatic N) is 1. The number of benzene rings is 2. The lowest BCUT2D eigenvalue weighted by molar-refractivity contribution is -0.116. The molecule has 0 spiro atoms. The summed E-state index contributed by atoms with van der Waals surface area (Å²) in [7, 11) is 0. The van der Waals surface area contributed by atoms with E-state index in [2.05, 4.69) is 26.6 Å². The van der Waals surface area contributed by atoms with E-state index < -0.39 is 0 Å². The van der Waals surface area contributed by atoms with Crippen LogP contribution in [0.2, 0.25) is 0 Å². The second-order valence-electron chi connectivity index (χ2n) is 7.79. The summed E-state index contributed by atoms with van der Waals surface area (Å²) in [6.07, 6.45) is 2.53. The van der Waals surface area contributed by atoms with Gasteiger partial charge in [-0.1, -0.05) is 6.07 Å². The van der Waals surface area contributed by atoms with Crippen LogP contribution in [-0.4, -0.2) is 35.9 Å². The fourth-order valence-corrected chi connectivity index (χ4v) is 3.82. The van der Waals surface area contributed by atoms with Gasteiger partial charge in [-0.3, -0.25) is 9.59 Å². The van der Waals surface area contributed by atoms with Gasteiger partial charge in [0.2, 0.25) is 5.91 Å². The van der Waals surface area contributed by atoms with E-state index in [1.165, 1.54) is 25.0 Å². The fraction of sp³-hybridized carbons (Fsp3) is 0.304. The van der Waals surface area contributed by atoms with Gasteiger partial charge in [0.1, 0.15) is 11.5 Å². The first-order chi connectivity index (χ1) is 14.5. The molecule has 4 rings (SSSR count). The lowest BCUT2D eigenvalue weighted by Crippen LogP contribution is -2.35. The van der Waals surface area contributed by atoms with E-state index in [4.69, 9.17) is 0 Å². The topological polar surface area (TPSA) is 77.2 Å². The van der Waals surface area contributed by atoms with Crippen molar-refractivity contribution in [2.45, 2.75) is 32.2 Å². The Morgan fingerprint density at radius 3 is 2.73 bits per heavy atom. The molecule has 0 saturated carbocycles. The summed E-state index contributed by atoms with van der Waals surface area (Å²) in [4.78, 5) is 30.2. The Hall–Kier alpha value is -3.35. The Labute approximate surface area is 174 Å². The zero-order valence-electron chi connectivity index (χ0n) is 16.9. The first kappa shape index (κ1) is 19.9. The van der Waals surface area contributed by atoms with Crippen molar-refractivity contribution in [1.82, 2.24) is 10.3 Å². The molecule has 0 radical (unpaired) electrons. The molecule has 156 valence electrons. The third-order valence-corrected chi connectivity index (χ3v) is 5.30. The number of carbonyl (C=O) groups is 2. The molecule has 6 nitrogen and oxygen atoms in total. The van der Waals surface area contributed by atoms with E-state index >= 15 is 0 Å². The molecule has 1 aromatic heterocycles. The summed E-state index contributed by atoms with van der Waals surface area (Å²) in [5.41, 5.74) is 2.88. The molecule has 2 heterocycles. The number of anilines is 2. The Kier molecular flexibility index (Phi) is 5.70. The molecule has 1 saturated heterocycles. The minimum absolute atomic E-state index is 0.147. The van der Waals surface area contributed by atoms with Crippen LogP contribution in [0.4, 0.5) is 15.8 Å². The molecule has 2 aromatic carbocycles. The number of nitrogens with one attached hydrogen (secondary N) is 3. The van der Waals surface area contributed by atoms with E-state index in [1.54, 1.807) is 19.1 Å². The van der Waals surface area contributed by atoms with Crippen molar-refractivity contribution < 1.29 is 14.0 Å². The Balaban J connectivity index is 1.33. The predicted molar refractivity (Wildman–Crippen MR) is 116 cm³/mol. The lowest BCUT2D eigenvalue weighted by Gasteiger charge is -2.19. The number of aromatic amines is 1. The number of carbonyl (C=O) groups excluding carboxylic acids is 2. The van der Waals surface area contributed by atoms with Crippen LogP contribution in [0.15, 0.2) is 48.5 Å².